The molecule has 2 N–H and O–H groups in total. The quantitative estimate of drug-likeness (QED) is 0.760. The monoisotopic (exact) mass is 348 g/mol. The number of hydrogen-bond acceptors (Lipinski definition) is 3. The lowest BCUT2D eigenvalue weighted by Crippen LogP contribution is -2.40. The summed E-state index contributed by atoms with van der Waals surface area (Å²) in [6.45, 7) is 1.55. The number of amides is 2. The highest BCUT2D eigenvalue weighted by Gasteiger charge is 2.21. The van der Waals surface area contributed by atoms with Gasteiger partial charge in [-0.15, -0.1) is 0 Å². The molecule has 2 heterocycles. The lowest BCUT2D eigenvalue weighted by molar-refractivity contribution is 0.00467. The molecule has 2 amide bonds. The van der Waals surface area contributed by atoms with Crippen molar-refractivity contribution in [3.05, 3.63) is 72.7 Å². The Balaban J connectivity index is 1.34. The predicted octanol–water partition coefficient (Wildman–Crippen LogP) is 3.27. The van der Waals surface area contributed by atoms with E-state index in [0.29, 0.717) is 19.7 Å². The van der Waals surface area contributed by atoms with Crippen LogP contribution in [0, 0.1) is 0 Å². The summed E-state index contributed by atoms with van der Waals surface area (Å²) in [6, 6.07) is 19.2. The van der Waals surface area contributed by atoms with E-state index in [9.17, 15) is 4.79 Å². The van der Waals surface area contributed by atoms with Crippen molar-refractivity contribution >= 4 is 11.7 Å². The molecule has 0 aliphatic carbocycles. The van der Waals surface area contributed by atoms with Gasteiger partial charge in [-0.25, -0.2) is 9.78 Å². The van der Waals surface area contributed by atoms with Crippen molar-refractivity contribution in [3.63, 3.8) is 0 Å². The normalized spacial score (nSPS) is 15.9. The molecule has 1 atom stereocenters. The van der Waals surface area contributed by atoms with Gasteiger partial charge in [0.1, 0.15) is 12.4 Å². The van der Waals surface area contributed by atoms with E-state index in [1.165, 1.54) is 0 Å². The molecule has 0 bridgehead atoms. The molecule has 0 saturated carbocycles. The van der Waals surface area contributed by atoms with Gasteiger partial charge < -0.3 is 19.9 Å². The molecular formula is C20H20N4O2. The molecule has 0 spiro atoms. The Morgan fingerprint density at radius 3 is 2.62 bits per heavy atom. The number of urea groups is 1. The number of para-hydroxylation sites is 1. The van der Waals surface area contributed by atoms with E-state index in [-0.39, 0.29) is 12.1 Å². The predicted molar refractivity (Wildman–Crippen MR) is 99.7 cm³/mol. The first-order valence-corrected chi connectivity index (χ1v) is 8.61. The first kappa shape index (κ1) is 16.4. The highest BCUT2D eigenvalue weighted by atomic mass is 16.5. The van der Waals surface area contributed by atoms with Crippen LogP contribution in [0.4, 0.5) is 10.5 Å². The summed E-state index contributed by atoms with van der Waals surface area (Å²) >= 11 is 0. The Morgan fingerprint density at radius 1 is 1.12 bits per heavy atom. The van der Waals surface area contributed by atoms with E-state index >= 15 is 0 Å². The second-order valence-electron chi connectivity index (χ2n) is 6.19. The highest BCUT2D eigenvalue weighted by molar-refractivity contribution is 5.89. The molecule has 3 aromatic rings. The number of nitrogens with zero attached hydrogens (tertiary/aromatic N) is 2. The van der Waals surface area contributed by atoms with Crippen molar-refractivity contribution in [3.8, 4) is 11.3 Å². The number of carbonyl (C=O) groups is 1. The van der Waals surface area contributed by atoms with Gasteiger partial charge in [-0.3, -0.25) is 0 Å². The number of nitrogens with one attached hydrogen (secondary N) is 2. The Kier molecular flexibility index (Phi) is 4.66. The van der Waals surface area contributed by atoms with Gasteiger partial charge in [0.15, 0.2) is 0 Å². The van der Waals surface area contributed by atoms with Gasteiger partial charge in [0.05, 0.1) is 18.3 Å². The van der Waals surface area contributed by atoms with Gasteiger partial charge >= 0.3 is 6.03 Å². The molecule has 1 aromatic heterocycles. The highest BCUT2D eigenvalue weighted by Crippen LogP contribution is 2.21. The first-order chi connectivity index (χ1) is 12.8. The fraction of sp³-hybridized carbons (Fsp3) is 0.200. The fourth-order valence-corrected chi connectivity index (χ4v) is 2.97. The summed E-state index contributed by atoms with van der Waals surface area (Å²) in [5.74, 6) is 0.911. The first-order valence-electron chi connectivity index (χ1n) is 8.61. The summed E-state index contributed by atoms with van der Waals surface area (Å²) in [5.41, 5.74) is 2.80. The second kappa shape index (κ2) is 7.41. The minimum absolute atomic E-state index is 0.0816. The fourth-order valence-electron chi connectivity index (χ4n) is 2.97. The third-order valence-corrected chi connectivity index (χ3v) is 4.30. The topological polar surface area (TPSA) is 68.2 Å². The average molecular weight is 348 g/mol. The van der Waals surface area contributed by atoms with Crippen molar-refractivity contribution in [2.75, 3.05) is 11.9 Å². The van der Waals surface area contributed by atoms with Crippen LogP contribution in [0.15, 0.2) is 66.9 Å². The Labute approximate surface area is 151 Å². The Morgan fingerprint density at radius 2 is 1.85 bits per heavy atom. The molecule has 26 heavy (non-hydrogen) atoms. The van der Waals surface area contributed by atoms with Crippen LogP contribution in [0.1, 0.15) is 5.82 Å². The lowest BCUT2D eigenvalue weighted by atomic mass is 10.2. The summed E-state index contributed by atoms with van der Waals surface area (Å²) in [4.78, 5) is 16.6. The molecule has 6 nitrogen and oxygen atoms in total. The Bertz CT molecular complexity index is 877. The van der Waals surface area contributed by atoms with Gasteiger partial charge in [-0.05, 0) is 12.1 Å². The zero-order valence-electron chi connectivity index (χ0n) is 14.3. The van der Waals surface area contributed by atoms with Crippen molar-refractivity contribution in [1.82, 2.24) is 14.9 Å². The molecule has 0 fully saturated rings. The van der Waals surface area contributed by atoms with Crippen molar-refractivity contribution in [2.24, 2.45) is 0 Å². The van der Waals surface area contributed by atoms with Gasteiger partial charge in [-0.2, -0.15) is 0 Å². The van der Waals surface area contributed by atoms with Crippen LogP contribution in [-0.4, -0.2) is 28.2 Å². The maximum absolute atomic E-state index is 12.0. The van der Waals surface area contributed by atoms with Crippen molar-refractivity contribution in [1.29, 1.82) is 0 Å². The zero-order chi connectivity index (χ0) is 17.8. The van der Waals surface area contributed by atoms with Gasteiger partial charge in [-0.1, -0.05) is 48.5 Å². The molecular weight excluding hydrogens is 328 g/mol. The lowest BCUT2D eigenvalue weighted by Gasteiger charge is -2.24. The molecule has 4 rings (SSSR count). The van der Waals surface area contributed by atoms with Crippen LogP contribution in [0.5, 0.6) is 0 Å². The molecule has 2 aromatic carbocycles. The van der Waals surface area contributed by atoms with E-state index < -0.39 is 0 Å². The van der Waals surface area contributed by atoms with Crippen LogP contribution in [-0.2, 0) is 17.9 Å². The average Bonchev–Trinajstić information content (AvgIpc) is 3.11. The van der Waals surface area contributed by atoms with E-state index in [1.807, 2.05) is 66.9 Å². The van der Waals surface area contributed by atoms with Crippen LogP contribution in [0.3, 0.4) is 0 Å². The number of hydrogen-bond donors (Lipinski definition) is 2. The molecule has 0 radical (unpaired) electrons. The van der Waals surface area contributed by atoms with E-state index in [4.69, 9.17) is 4.74 Å². The third-order valence-electron chi connectivity index (χ3n) is 4.30. The molecule has 1 unspecified atom stereocenters. The molecule has 1 aliphatic heterocycles. The molecule has 0 saturated heterocycles. The smallest absolute Gasteiger partial charge is 0.319 e. The number of rotatable bonds is 4. The summed E-state index contributed by atoms with van der Waals surface area (Å²) in [6.07, 6.45) is 1.96. The number of fused-ring (bicyclic) bond motifs is 1. The number of aromatic nitrogens is 2. The largest absolute Gasteiger partial charge is 0.367 e. The maximum atomic E-state index is 12.0. The number of carbonyl (C=O) groups excluding carboxylic acids is 1. The second-order valence-corrected chi connectivity index (χ2v) is 6.19. The number of anilines is 1. The van der Waals surface area contributed by atoms with Gasteiger partial charge in [0.25, 0.3) is 0 Å². The standard InChI is InChI=1S/C20H20N4O2/c25-20(22-16-9-5-2-6-10-16)21-11-17-12-24-13-18(23-19(24)14-26-17)15-7-3-1-4-8-15/h1-10,13,17H,11-12,14H2,(H2,21,22,25). The number of ether oxygens (including phenoxy) is 1. The zero-order valence-corrected chi connectivity index (χ0v) is 14.3. The van der Waals surface area contributed by atoms with E-state index in [1.54, 1.807) is 0 Å². The summed E-state index contributed by atoms with van der Waals surface area (Å²) in [7, 11) is 0. The molecule has 1 aliphatic rings. The van der Waals surface area contributed by atoms with E-state index in [2.05, 4.69) is 20.2 Å². The number of benzene rings is 2. The maximum Gasteiger partial charge on any atom is 0.319 e. The third kappa shape index (κ3) is 3.75. The number of imidazole rings is 1. The van der Waals surface area contributed by atoms with Crippen LogP contribution in [0.2, 0.25) is 0 Å². The minimum atomic E-state index is -0.235. The van der Waals surface area contributed by atoms with Crippen molar-refractivity contribution in [2.45, 2.75) is 19.3 Å². The summed E-state index contributed by atoms with van der Waals surface area (Å²) in [5, 5.41) is 5.66. The minimum Gasteiger partial charge on any atom is -0.367 e. The van der Waals surface area contributed by atoms with Gasteiger partial charge in [0, 0.05) is 24.0 Å². The van der Waals surface area contributed by atoms with Crippen LogP contribution in [0.25, 0.3) is 11.3 Å². The molecule has 6 heteroatoms. The van der Waals surface area contributed by atoms with E-state index in [0.717, 1.165) is 22.8 Å². The van der Waals surface area contributed by atoms with Crippen molar-refractivity contribution < 1.29 is 9.53 Å². The summed E-state index contributed by atoms with van der Waals surface area (Å²) < 4.78 is 7.93. The molecule has 132 valence electrons. The van der Waals surface area contributed by atoms with Gasteiger partial charge in [0.2, 0.25) is 0 Å². The SMILES string of the molecule is O=C(NCC1Cn2cc(-c3ccccc3)nc2CO1)Nc1ccccc1. The van der Waals surface area contributed by atoms with Crippen LogP contribution < -0.4 is 10.6 Å². The Hall–Kier alpha value is -3.12. The van der Waals surface area contributed by atoms with Crippen LogP contribution >= 0.6 is 0 Å².